The first kappa shape index (κ1) is 17.6. The van der Waals surface area contributed by atoms with Crippen molar-refractivity contribution < 1.29 is 19.1 Å². The fourth-order valence-electron chi connectivity index (χ4n) is 2.76. The van der Waals surface area contributed by atoms with Crippen LogP contribution in [0.2, 0.25) is 0 Å². The second-order valence-electron chi connectivity index (χ2n) is 5.69. The number of rotatable bonds is 6. The molecule has 6 nitrogen and oxygen atoms in total. The second-order valence-corrected chi connectivity index (χ2v) is 6.75. The van der Waals surface area contributed by atoms with Gasteiger partial charge in [0.15, 0.2) is 6.61 Å². The third-order valence-corrected chi connectivity index (χ3v) is 4.75. The zero-order chi connectivity index (χ0) is 17.8. The minimum absolute atomic E-state index is 0.128. The smallest absolute Gasteiger partial charge is 0.332 e. The zero-order valence-electron chi connectivity index (χ0n) is 14.3. The van der Waals surface area contributed by atoms with Crippen molar-refractivity contribution in [2.45, 2.75) is 20.3 Å². The standard InChI is InChI=1S/C18H20N2O4S/c1-3-23-10-18(22)24-9-17(21)20-7-6-14-8-13(4-5-16(14)20)15-11-25-12(2)19-15/h4-5,8,11H,3,6-7,9-10H2,1-2H3. The molecule has 1 amide bonds. The van der Waals surface area contributed by atoms with Gasteiger partial charge in [0.05, 0.1) is 10.7 Å². The molecule has 0 unspecified atom stereocenters. The van der Waals surface area contributed by atoms with E-state index in [2.05, 4.69) is 11.1 Å². The first-order valence-corrected chi connectivity index (χ1v) is 9.05. The van der Waals surface area contributed by atoms with Gasteiger partial charge in [0.1, 0.15) is 6.61 Å². The highest BCUT2D eigenvalue weighted by molar-refractivity contribution is 7.09. The van der Waals surface area contributed by atoms with Gasteiger partial charge in [-0.05, 0) is 38.0 Å². The van der Waals surface area contributed by atoms with Gasteiger partial charge in [-0.2, -0.15) is 0 Å². The Labute approximate surface area is 150 Å². The number of fused-ring (bicyclic) bond motifs is 1. The molecular formula is C18H20N2O4S. The molecule has 2 heterocycles. The van der Waals surface area contributed by atoms with Crippen molar-refractivity contribution in [3.8, 4) is 11.3 Å². The first-order valence-electron chi connectivity index (χ1n) is 8.17. The molecule has 1 aromatic carbocycles. The monoisotopic (exact) mass is 360 g/mol. The highest BCUT2D eigenvalue weighted by Crippen LogP contribution is 2.32. The van der Waals surface area contributed by atoms with Crippen molar-refractivity contribution >= 4 is 28.9 Å². The van der Waals surface area contributed by atoms with E-state index < -0.39 is 5.97 Å². The summed E-state index contributed by atoms with van der Waals surface area (Å²) in [4.78, 5) is 30.0. The molecule has 0 aliphatic carbocycles. The second kappa shape index (κ2) is 7.76. The van der Waals surface area contributed by atoms with Crippen LogP contribution in [-0.2, 0) is 25.5 Å². The van der Waals surface area contributed by atoms with Crippen molar-refractivity contribution in [2.24, 2.45) is 0 Å². The van der Waals surface area contributed by atoms with Crippen LogP contribution < -0.4 is 4.90 Å². The summed E-state index contributed by atoms with van der Waals surface area (Å²) in [5.74, 6) is -0.746. The third kappa shape index (κ3) is 4.05. The van der Waals surface area contributed by atoms with Crippen LogP contribution in [0.15, 0.2) is 23.6 Å². The first-order chi connectivity index (χ1) is 12.1. The maximum atomic E-state index is 12.3. The SMILES string of the molecule is CCOCC(=O)OCC(=O)N1CCc2cc(-c3csc(C)n3)ccc21. The number of amides is 1. The maximum Gasteiger partial charge on any atom is 0.332 e. The van der Waals surface area contributed by atoms with Crippen LogP contribution >= 0.6 is 11.3 Å². The number of hydrogen-bond acceptors (Lipinski definition) is 6. The summed E-state index contributed by atoms with van der Waals surface area (Å²) in [5, 5.41) is 3.06. The van der Waals surface area contributed by atoms with E-state index in [1.807, 2.05) is 24.4 Å². The largest absolute Gasteiger partial charge is 0.454 e. The van der Waals surface area contributed by atoms with E-state index >= 15 is 0 Å². The fraction of sp³-hybridized carbons (Fsp3) is 0.389. The number of benzene rings is 1. The Morgan fingerprint density at radius 1 is 1.32 bits per heavy atom. The molecule has 0 saturated carbocycles. The average molecular weight is 360 g/mol. The maximum absolute atomic E-state index is 12.3. The van der Waals surface area contributed by atoms with Gasteiger partial charge in [0.2, 0.25) is 0 Å². The molecule has 0 saturated heterocycles. The molecule has 132 valence electrons. The Balaban J connectivity index is 1.65. The van der Waals surface area contributed by atoms with E-state index in [0.717, 1.165) is 33.9 Å². The van der Waals surface area contributed by atoms with E-state index in [0.29, 0.717) is 13.2 Å². The Morgan fingerprint density at radius 2 is 2.16 bits per heavy atom. The molecule has 0 atom stereocenters. The topological polar surface area (TPSA) is 68.7 Å². The molecule has 7 heteroatoms. The molecule has 0 N–H and O–H groups in total. The Morgan fingerprint density at radius 3 is 2.88 bits per heavy atom. The van der Waals surface area contributed by atoms with Gasteiger partial charge in [-0.3, -0.25) is 4.79 Å². The van der Waals surface area contributed by atoms with Crippen LogP contribution in [0.4, 0.5) is 5.69 Å². The van der Waals surface area contributed by atoms with E-state index in [-0.39, 0.29) is 19.1 Å². The summed E-state index contributed by atoms with van der Waals surface area (Å²) < 4.78 is 9.93. The lowest BCUT2D eigenvalue weighted by molar-refractivity contribution is -0.152. The molecule has 0 bridgehead atoms. The van der Waals surface area contributed by atoms with Gasteiger partial charge in [-0.25, -0.2) is 9.78 Å². The molecule has 1 aliphatic rings. The quantitative estimate of drug-likeness (QED) is 0.741. The van der Waals surface area contributed by atoms with Crippen molar-refractivity contribution in [1.29, 1.82) is 0 Å². The minimum atomic E-state index is -0.524. The van der Waals surface area contributed by atoms with E-state index in [4.69, 9.17) is 9.47 Å². The predicted octanol–water partition coefficient (Wildman–Crippen LogP) is 2.59. The summed E-state index contributed by atoms with van der Waals surface area (Å²) in [5.41, 5.74) is 4.00. The van der Waals surface area contributed by atoms with Crippen LogP contribution in [0.5, 0.6) is 0 Å². The highest BCUT2D eigenvalue weighted by atomic mass is 32.1. The Bertz CT molecular complexity index is 787. The normalized spacial score (nSPS) is 13.0. The van der Waals surface area contributed by atoms with Crippen LogP contribution in [-0.4, -0.2) is 43.2 Å². The van der Waals surface area contributed by atoms with Crippen LogP contribution in [0, 0.1) is 6.92 Å². The average Bonchev–Trinajstić information content (AvgIpc) is 3.23. The van der Waals surface area contributed by atoms with Gasteiger partial charge >= 0.3 is 5.97 Å². The van der Waals surface area contributed by atoms with Gasteiger partial charge < -0.3 is 14.4 Å². The van der Waals surface area contributed by atoms with Gasteiger partial charge in [0, 0.05) is 29.8 Å². The van der Waals surface area contributed by atoms with Crippen molar-refractivity contribution in [1.82, 2.24) is 4.98 Å². The van der Waals surface area contributed by atoms with Gasteiger partial charge in [-0.1, -0.05) is 6.07 Å². The summed E-state index contributed by atoms with van der Waals surface area (Å²) in [7, 11) is 0. The number of hydrogen-bond donors (Lipinski definition) is 0. The van der Waals surface area contributed by atoms with Crippen molar-refractivity contribution in [3.63, 3.8) is 0 Å². The fourth-order valence-corrected chi connectivity index (χ4v) is 3.39. The van der Waals surface area contributed by atoms with Crippen LogP contribution in [0.3, 0.4) is 0 Å². The van der Waals surface area contributed by atoms with Crippen LogP contribution in [0.25, 0.3) is 11.3 Å². The van der Waals surface area contributed by atoms with Gasteiger partial charge in [-0.15, -0.1) is 11.3 Å². The predicted molar refractivity (Wildman–Crippen MR) is 95.8 cm³/mol. The van der Waals surface area contributed by atoms with E-state index in [9.17, 15) is 9.59 Å². The number of carbonyl (C=O) groups is 2. The molecular weight excluding hydrogens is 340 g/mol. The van der Waals surface area contributed by atoms with Gasteiger partial charge in [0.25, 0.3) is 5.91 Å². The number of carbonyl (C=O) groups excluding carboxylic acids is 2. The number of nitrogens with zero attached hydrogens (tertiary/aromatic N) is 2. The lowest BCUT2D eigenvalue weighted by Gasteiger charge is -2.17. The summed E-state index contributed by atoms with van der Waals surface area (Å²) in [6.07, 6.45) is 0.783. The van der Waals surface area contributed by atoms with Crippen LogP contribution in [0.1, 0.15) is 17.5 Å². The molecule has 0 spiro atoms. The van der Waals surface area contributed by atoms with E-state index in [1.165, 1.54) is 0 Å². The highest BCUT2D eigenvalue weighted by Gasteiger charge is 2.25. The molecule has 1 aliphatic heterocycles. The lowest BCUT2D eigenvalue weighted by Crippen LogP contribution is -2.33. The molecule has 1 aromatic heterocycles. The molecule has 25 heavy (non-hydrogen) atoms. The zero-order valence-corrected chi connectivity index (χ0v) is 15.1. The Kier molecular flexibility index (Phi) is 5.45. The van der Waals surface area contributed by atoms with Crippen molar-refractivity contribution in [3.05, 3.63) is 34.2 Å². The summed E-state index contributed by atoms with van der Waals surface area (Å²) in [6, 6.07) is 5.99. The minimum Gasteiger partial charge on any atom is -0.454 e. The lowest BCUT2D eigenvalue weighted by atomic mass is 10.1. The number of anilines is 1. The number of aromatic nitrogens is 1. The number of thiazole rings is 1. The molecule has 2 aromatic rings. The summed E-state index contributed by atoms with van der Waals surface area (Å²) >= 11 is 1.62. The third-order valence-electron chi connectivity index (χ3n) is 3.97. The van der Waals surface area contributed by atoms with Crippen molar-refractivity contribution in [2.75, 3.05) is 31.3 Å². The Hall–Kier alpha value is -2.25. The molecule has 0 fully saturated rings. The number of ether oxygens (including phenoxy) is 2. The summed E-state index contributed by atoms with van der Waals surface area (Å²) in [6.45, 7) is 4.41. The number of esters is 1. The molecule has 3 rings (SSSR count). The van der Waals surface area contributed by atoms with E-state index in [1.54, 1.807) is 23.2 Å². The number of aryl methyl sites for hydroxylation is 1. The molecule has 0 radical (unpaired) electrons.